The number of hydrogen-bond donors (Lipinski definition) is 3. The molecule has 0 spiro atoms. The van der Waals surface area contributed by atoms with E-state index < -0.39 is 17.5 Å². The van der Waals surface area contributed by atoms with Crippen LogP contribution >= 0.6 is 0 Å². The Hall–Kier alpha value is -1.92. The molecule has 0 radical (unpaired) electrons. The molecule has 2 unspecified atom stereocenters. The van der Waals surface area contributed by atoms with E-state index in [9.17, 15) is 9.90 Å². The highest BCUT2D eigenvalue weighted by Crippen LogP contribution is 2.43. The van der Waals surface area contributed by atoms with Gasteiger partial charge in [-0.2, -0.15) is 0 Å². The Bertz CT molecular complexity index is 662. The van der Waals surface area contributed by atoms with E-state index in [0.717, 1.165) is 58.5 Å². The van der Waals surface area contributed by atoms with Gasteiger partial charge >= 0.3 is 5.97 Å². The van der Waals surface area contributed by atoms with Crippen molar-refractivity contribution in [2.75, 3.05) is 13.1 Å². The molecule has 3 N–H and O–H groups in total. The number of esters is 1. The van der Waals surface area contributed by atoms with Crippen LogP contribution in [0.1, 0.15) is 57.4 Å². The number of carbonyl (C=O) groups excluding carboxylic acids is 1. The number of benzene rings is 1. The molecule has 160 valence electrons. The highest BCUT2D eigenvalue weighted by molar-refractivity contribution is 5.82. The maximum absolute atomic E-state index is 13.3. The minimum atomic E-state index is -1.50. The Balaban J connectivity index is 0.000000552. The number of carbonyl (C=O) groups is 2. The first-order valence-corrected chi connectivity index (χ1v) is 10.8. The van der Waals surface area contributed by atoms with Crippen LogP contribution in [0.4, 0.5) is 0 Å². The summed E-state index contributed by atoms with van der Waals surface area (Å²) in [5.74, 6) is -0.515. The third-order valence-corrected chi connectivity index (χ3v) is 6.61. The number of hydrogen-bond acceptors (Lipinski definition) is 5. The fourth-order valence-corrected chi connectivity index (χ4v) is 5.21. The number of aliphatic hydroxyl groups is 1. The zero-order valence-electron chi connectivity index (χ0n) is 17.2. The Morgan fingerprint density at radius 3 is 2.10 bits per heavy atom. The zero-order chi connectivity index (χ0) is 20.9. The molecule has 1 aliphatic heterocycles. The molecule has 2 saturated carbocycles. The van der Waals surface area contributed by atoms with Crippen molar-refractivity contribution in [3.63, 3.8) is 0 Å². The fraction of sp³-hybridized carbons (Fsp3) is 0.652. The number of carboxylic acid groups (broad SMARTS) is 1. The molecule has 3 fully saturated rings. The first kappa shape index (κ1) is 21.8. The van der Waals surface area contributed by atoms with Crippen molar-refractivity contribution in [3.8, 4) is 0 Å². The van der Waals surface area contributed by atoms with Gasteiger partial charge in [0.2, 0.25) is 0 Å². The molecule has 3 aliphatic rings. The molecule has 1 aromatic rings. The summed E-state index contributed by atoms with van der Waals surface area (Å²) >= 11 is 0. The van der Waals surface area contributed by atoms with E-state index in [1.165, 1.54) is 6.42 Å². The van der Waals surface area contributed by atoms with Crippen LogP contribution in [0.15, 0.2) is 30.3 Å². The number of nitrogens with one attached hydrogen (secondary N) is 1. The van der Waals surface area contributed by atoms with Crippen LogP contribution in [0.5, 0.6) is 0 Å². The van der Waals surface area contributed by atoms with Crippen molar-refractivity contribution in [3.05, 3.63) is 35.9 Å². The molecular weight excluding hydrogens is 370 g/mol. The predicted octanol–water partition coefficient (Wildman–Crippen LogP) is 3.09. The maximum Gasteiger partial charge on any atom is 0.343 e. The van der Waals surface area contributed by atoms with Gasteiger partial charge in [0.1, 0.15) is 6.10 Å². The average Bonchev–Trinajstić information content (AvgIpc) is 3.22. The summed E-state index contributed by atoms with van der Waals surface area (Å²) in [7, 11) is 0. The number of fused-ring (bicyclic) bond motifs is 2. The molecule has 0 amide bonds. The van der Waals surface area contributed by atoms with Crippen molar-refractivity contribution in [2.24, 2.45) is 17.8 Å². The van der Waals surface area contributed by atoms with Gasteiger partial charge in [0.25, 0.3) is 5.97 Å². The van der Waals surface area contributed by atoms with E-state index in [2.05, 4.69) is 5.32 Å². The normalized spacial score (nSPS) is 28.6. The number of rotatable bonds is 4. The summed E-state index contributed by atoms with van der Waals surface area (Å²) in [5.41, 5.74) is -0.817. The van der Waals surface area contributed by atoms with Crippen LogP contribution in [0.2, 0.25) is 0 Å². The fourth-order valence-electron chi connectivity index (χ4n) is 5.21. The smallest absolute Gasteiger partial charge is 0.343 e. The van der Waals surface area contributed by atoms with E-state index in [1.807, 2.05) is 30.3 Å². The molecule has 3 atom stereocenters. The first-order valence-electron chi connectivity index (χ1n) is 10.8. The van der Waals surface area contributed by atoms with Crippen molar-refractivity contribution in [2.45, 2.75) is 63.6 Å². The summed E-state index contributed by atoms with van der Waals surface area (Å²) in [6, 6.07) is 9.43. The SMILES string of the molecule is CC(=O)O.O=C(OC1C2CCCC1CNC2)[C@](O)(c1ccccc1)C1CCCC1. The summed E-state index contributed by atoms with van der Waals surface area (Å²) in [6.45, 7) is 2.92. The third kappa shape index (κ3) is 4.98. The number of ether oxygens (including phenoxy) is 1. The van der Waals surface area contributed by atoms with Gasteiger partial charge in [-0.3, -0.25) is 4.79 Å². The second-order valence-electron chi connectivity index (χ2n) is 8.61. The summed E-state index contributed by atoms with van der Waals surface area (Å²) in [4.78, 5) is 22.3. The maximum atomic E-state index is 13.3. The predicted molar refractivity (Wildman–Crippen MR) is 109 cm³/mol. The zero-order valence-corrected chi connectivity index (χ0v) is 17.2. The lowest BCUT2D eigenvalue weighted by Crippen LogP contribution is -2.54. The second kappa shape index (κ2) is 9.72. The largest absolute Gasteiger partial charge is 0.481 e. The molecule has 2 aliphatic carbocycles. The molecule has 2 bridgehead atoms. The third-order valence-electron chi connectivity index (χ3n) is 6.61. The topological polar surface area (TPSA) is 95.9 Å². The lowest BCUT2D eigenvalue weighted by atomic mass is 9.75. The van der Waals surface area contributed by atoms with E-state index in [-0.39, 0.29) is 12.0 Å². The van der Waals surface area contributed by atoms with Crippen LogP contribution in [0, 0.1) is 17.8 Å². The Morgan fingerprint density at radius 2 is 1.55 bits per heavy atom. The standard InChI is InChI=1S/C21H29NO3.C2H4O2/c23-20(25-19-15-7-6-8-16(19)14-22-13-15)21(24,18-11-4-5-12-18)17-9-2-1-3-10-17;1-2(3)4/h1-3,9-10,15-16,18-19,22,24H,4-8,11-14H2;1H3,(H,3,4)/t15?,16?,19?,21-;/m0./s1. The average molecular weight is 404 g/mol. The number of piperidine rings is 1. The molecule has 6 nitrogen and oxygen atoms in total. The van der Waals surface area contributed by atoms with Gasteiger partial charge in [-0.25, -0.2) is 4.79 Å². The second-order valence-corrected chi connectivity index (χ2v) is 8.61. The molecule has 0 aromatic heterocycles. The Morgan fingerprint density at radius 1 is 1.00 bits per heavy atom. The Labute approximate surface area is 172 Å². The monoisotopic (exact) mass is 403 g/mol. The van der Waals surface area contributed by atoms with E-state index >= 15 is 0 Å². The van der Waals surface area contributed by atoms with Crippen LogP contribution in [-0.4, -0.2) is 41.3 Å². The van der Waals surface area contributed by atoms with Gasteiger partial charge in [-0.05, 0) is 31.2 Å². The molecule has 1 aromatic carbocycles. The van der Waals surface area contributed by atoms with Crippen LogP contribution < -0.4 is 5.32 Å². The first-order chi connectivity index (χ1) is 13.9. The van der Waals surface area contributed by atoms with Crippen LogP contribution in [-0.2, 0) is 19.9 Å². The van der Waals surface area contributed by atoms with Crippen molar-refractivity contribution < 1.29 is 24.5 Å². The number of aliphatic carboxylic acids is 1. The highest BCUT2D eigenvalue weighted by atomic mass is 16.6. The van der Waals surface area contributed by atoms with Crippen LogP contribution in [0.3, 0.4) is 0 Å². The molecule has 29 heavy (non-hydrogen) atoms. The minimum Gasteiger partial charge on any atom is -0.481 e. The van der Waals surface area contributed by atoms with Crippen molar-refractivity contribution in [1.29, 1.82) is 0 Å². The lowest BCUT2D eigenvalue weighted by Gasteiger charge is -2.43. The summed E-state index contributed by atoms with van der Waals surface area (Å²) in [5, 5.41) is 22.4. The van der Waals surface area contributed by atoms with E-state index in [0.29, 0.717) is 17.4 Å². The van der Waals surface area contributed by atoms with Gasteiger partial charge in [0.05, 0.1) is 0 Å². The van der Waals surface area contributed by atoms with E-state index in [4.69, 9.17) is 14.6 Å². The highest BCUT2D eigenvalue weighted by Gasteiger charge is 2.50. The van der Waals surface area contributed by atoms with Gasteiger partial charge < -0.3 is 20.3 Å². The van der Waals surface area contributed by atoms with Gasteiger partial charge in [-0.1, -0.05) is 49.6 Å². The van der Waals surface area contributed by atoms with Crippen molar-refractivity contribution in [1.82, 2.24) is 5.32 Å². The molecule has 6 heteroatoms. The van der Waals surface area contributed by atoms with Gasteiger partial charge in [-0.15, -0.1) is 0 Å². The van der Waals surface area contributed by atoms with E-state index in [1.54, 1.807) is 0 Å². The molecule has 4 rings (SSSR count). The molecule has 1 heterocycles. The number of carboxylic acids is 1. The summed E-state index contributed by atoms with van der Waals surface area (Å²) < 4.78 is 6.06. The minimum absolute atomic E-state index is 0.0380. The van der Waals surface area contributed by atoms with Crippen molar-refractivity contribution >= 4 is 11.9 Å². The molecular formula is C23H33NO5. The lowest BCUT2D eigenvalue weighted by molar-refractivity contribution is -0.189. The Kier molecular flexibility index (Phi) is 7.30. The van der Waals surface area contributed by atoms with Crippen LogP contribution in [0.25, 0.3) is 0 Å². The molecule has 1 saturated heterocycles. The quantitative estimate of drug-likeness (QED) is 0.669. The van der Waals surface area contributed by atoms with Gasteiger partial charge in [0.15, 0.2) is 5.60 Å². The van der Waals surface area contributed by atoms with Gasteiger partial charge in [0, 0.05) is 37.8 Å². The summed E-state index contributed by atoms with van der Waals surface area (Å²) in [6.07, 6.45) is 7.32.